The molecule has 1 aromatic heterocycles. The number of anilines is 1. The SMILES string of the molecule is CCc1cc(C(=O)O)cc(NCC(=O)NC(C)(C)C)n1. The fourth-order valence-electron chi connectivity index (χ4n) is 1.62. The summed E-state index contributed by atoms with van der Waals surface area (Å²) in [7, 11) is 0. The monoisotopic (exact) mass is 279 g/mol. The van der Waals surface area contributed by atoms with Crippen molar-refractivity contribution in [3.05, 3.63) is 23.4 Å². The first kappa shape index (κ1) is 15.9. The molecule has 110 valence electrons. The van der Waals surface area contributed by atoms with Crippen LogP contribution in [-0.2, 0) is 11.2 Å². The van der Waals surface area contributed by atoms with Gasteiger partial charge in [0.05, 0.1) is 12.1 Å². The van der Waals surface area contributed by atoms with E-state index in [-0.39, 0.29) is 23.6 Å². The lowest BCUT2D eigenvalue weighted by Crippen LogP contribution is -2.43. The van der Waals surface area contributed by atoms with Crippen molar-refractivity contribution < 1.29 is 14.7 Å². The Kier molecular flexibility index (Phi) is 5.07. The number of nitrogens with one attached hydrogen (secondary N) is 2. The number of carboxylic acids is 1. The number of pyridine rings is 1. The number of hydrogen-bond acceptors (Lipinski definition) is 4. The van der Waals surface area contributed by atoms with E-state index in [0.29, 0.717) is 17.9 Å². The zero-order valence-corrected chi connectivity index (χ0v) is 12.3. The highest BCUT2D eigenvalue weighted by atomic mass is 16.4. The number of carbonyl (C=O) groups excluding carboxylic acids is 1. The molecule has 6 nitrogen and oxygen atoms in total. The van der Waals surface area contributed by atoms with Gasteiger partial charge in [-0.2, -0.15) is 0 Å². The summed E-state index contributed by atoms with van der Waals surface area (Å²) in [4.78, 5) is 26.9. The number of carboxylic acid groups (broad SMARTS) is 1. The summed E-state index contributed by atoms with van der Waals surface area (Å²) in [5.74, 6) is -0.784. The van der Waals surface area contributed by atoms with Crippen LogP contribution in [0.4, 0.5) is 5.82 Å². The molecule has 0 unspecified atom stereocenters. The van der Waals surface area contributed by atoms with E-state index in [1.54, 1.807) is 0 Å². The Bertz CT molecular complexity index is 507. The highest BCUT2D eigenvalue weighted by Gasteiger charge is 2.14. The normalized spacial score (nSPS) is 11.0. The van der Waals surface area contributed by atoms with Gasteiger partial charge in [-0.15, -0.1) is 0 Å². The largest absolute Gasteiger partial charge is 0.478 e. The molecule has 0 spiro atoms. The first-order valence-electron chi connectivity index (χ1n) is 6.50. The molecule has 0 aliphatic rings. The third-order valence-electron chi connectivity index (χ3n) is 2.43. The second-order valence-corrected chi connectivity index (χ2v) is 5.54. The highest BCUT2D eigenvalue weighted by molar-refractivity contribution is 5.89. The molecule has 0 atom stereocenters. The van der Waals surface area contributed by atoms with Crippen LogP contribution in [0.2, 0.25) is 0 Å². The molecule has 20 heavy (non-hydrogen) atoms. The van der Waals surface area contributed by atoms with Crippen LogP contribution in [0.5, 0.6) is 0 Å². The first-order valence-corrected chi connectivity index (χ1v) is 6.50. The van der Waals surface area contributed by atoms with Crippen LogP contribution < -0.4 is 10.6 Å². The lowest BCUT2D eigenvalue weighted by molar-refractivity contribution is -0.120. The van der Waals surface area contributed by atoms with Crippen LogP contribution in [0.25, 0.3) is 0 Å². The number of amides is 1. The molecule has 0 bridgehead atoms. The molecule has 0 saturated heterocycles. The van der Waals surface area contributed by atoms with E-state index in [9.17, 15) is 9.59 Å². The fourth-order valence-corrected chi connectivity index (χ4v) is 1.62. The standard InChI is InChI=1S/C14H21N3O3/c1-5-10-6-9(13(19)20)7-11(16-10)15-8-12(18)17-14(2,3)4/h6-7H,5,8H2,1-4H3,(H,15,16)(H,17,18)(H,19,20). The van der Waals surface area contributed by atoms with Crippen LogP contribution in [0.1, 0.15) is 43.7 Å². The zero-order chi connectivity index (χ0) is 15.3. The third-order valence-corrected chi connectivity index (χ3v) is 2.43. The maximum atomic E-state index is 11.7. The third kappa shape index (κ3) is 5.26. The van der Waals surface area contributed by atoms with Gasteiger partial charge in [-0.3, -0.25) is 4.79 Å². The minimum atomic E-state index is -1.01. The summed E-state index contributed by atoms with van der Waals surface area (Å²) in [6.07, 6.45) is 0.629. The molecule has 1 rings (SSSR count). The predicted octanol–water partition coefficient (Wildman–Crippen LogP) is 1.67. The van der Waals surface area contributed by atoms with Gasteiger partial charge < -0.3 is 15.7 Å². The Balaban J connectivity index is 2.75. The molecule has 1 aromatic rings. The van der Waals surface area contributed by atoms with Crippen LogP contribution in [0.3, 0.4) is 0 Å². The first-order chi connectivity index (χ1) is 9.21. The van der Waals surface area contributed by atoms with Crippen molar-refractivity contribution in [1.82, 2.24) is 10.3 Å². The molecule has 3 N–H and O–H groups in total. The molecule has 0 fully saturated rings. The minimum absolute atomic E-state index is 0.0521. The number of nitrogens with zero attached hydrogens (tertiary/aromatic N) is 1. The average molecular weight is 279 g/mol. The van der Waals surface area contributed by atoms with E-state index in [0.717, 1.165) is 0 Å². The maximum absolute atomic E-state index is 11.7. The van der Waals surface area contributed by atoms with Crippen molar-refractivity contribution in [2.24, 2.45) is 0 Å². The smallest absolute Gasteiger partial charge is 0.335 e. The summed E-state index contributed by atoms with van der Waals surface area (Å²) in [5, 5.41) is 14.7. The number of aryl methyl sites for hydroxylation is 1. The van der Waals surface area contributed by atoms with Crippen LogP contribution in [0.15, 0.2) is 12.1 Å². The van der Waals surface area contributed by atoms with Crippen LogP contribution in [-0.4, -0.2) is 34.1 Å². The Hall–Kier alpha value is -2.11. The Labute approximate surface area is 118 Å². The molecule has 0 radical (unpaired) electrons. The van der Waals surface area contributed by atoms with E-state index >= 15 is 0 Å². The predicted molar refractivity (Wildman–Crippen MR) is 77.0 cm³/mol. The molecular formula is C14H21N3O3. The van der Waals surface area contributed by atoms with Gasteiger partial charge in [0, 0.05) is 11.2 Å². The molecule has 0 saturated carbocycles. The Morgan fingerprint density at radius 1 is 1.30 bits per heavy atom. The van der Waals surface area contributed by atoms with Gasteiger partial charge >= 0.3 is 5.97 Å². The maximum Gasteiger partial charge on any atom is 0.335 e. The Morgan fingerprint density at radius 2 is 1.95 bits per heavy atom. The second-order valence-electron chi connectivity index (χ2n) is 5.54. The van der Waals surface area contributed by atoms with Gasteiger partial charge in [0.25, 0.3) is 0 Å². The molecule has 1 heterocycles. The lowest BCUT2D eigenvalue weighted by Gasteiger charge is -2.20. The quantitative estimate of drug-likeness (QED) is 0.762. The summed E-state index contributed by atoms with van der Waals surface area (Å²) < 4.78 is 0. The zero-order valence-electron chi connectivity index (χ0n) is 12.3. The number of carbonyl (C=O) groups is 2. The lowest BCUT2D eigenvalue weighted by atomic mass is 10.1. The van der Waals surface area contributed by atoms with Crippen molar-refractivity contribution in [3.8, 4) is 0 Å². The molecule has 0 aromatic carbocycles. The average Bonchev–Trinajstić information content (AvgIpc) is 2.33. The van der Waals surface area contributed by atoms with E-state index in [1.165, 1.54) is 12.1 Å². The summed E-state index contributed by atoms with van der Waals surface area (Å²) in [6, 6.07) is 2.95. The van der Waals surface area contributed by atoms with E-state index in [2.05, 4.69) is 15.6 Å². The summed E-state index contributed by atoms with van der Waals surface area (Å²) in [6.45, 7) is 7.62. The summed E-state index contributed by atoms with van der Waals surface area (Å²) in [5.41, 5.74) is 0.531. The van der Waals surface area contributed by atoms with Gasteiger partial charge in [0.1, 0.15) is 5.82 Å². The second kappa shape index (κ2) is 6.36. The number of aromatic carboxylic acids is 1. The number of rotatable bonds is 5. The Morgan fingerprint density at radius 3 is 2.45 bits per heavy atom. The van der Waals surface area contributed by atoms with Crippen LogP contribution >= 0.6 is 0 Å². The van der Waals surface area contributed by atoms with Gasteiger partial charge in [-0.05, 0) is 39.3 Å². The number of aromatic nitrogens is 1. The number of hydrogen-bond donors (Lipinski definition) is 3. The van der Waals surface area contributed by atoms with Crippen molar-refractivity contribution >= 4 is 17.7 Å². The summed E-state index contributed by atoms with van der Waals surface area (Å²) >= 11 is 0. The molecule has 0 aliphatic heterocycles. The molecule has 0 aliphatic carbocycles. The van der Waals surface area contributed by atoms with Crippen LogP contribution in [0, 0.1) is 0 Å². The highest BCUT2D eigenvalue weighted by Crippen LogP contribution is 2.11. The molecular weight excluding hydrogens is 258 g/mol. The topological polar surface area (TPSA) is 91.3 Å². The van der Waals surface area contributed by atoms with Gasteiger partial charge in [0.2, 0.25) is 5.91 Å². The van der Waals surface area contributed by atoms with E-state index in [4.69, 9.17) is 5.11 Å². The van der Waals surface area contributed by atoms with E-state index in [1.807, 2.05) is 27.7 Å². The van der Waals surface area contributed by atoms with Gasteiger partial charge in [-0.1, -0.05) is 6.92 Å². The molecule has 1 amide bonds. The fraction of sp³-hybridized carbons (Fsp3) is 0.500. The van der Waals surface area contributed by atoms with Crippen molar-refractivity contribution in [3.63, 3.8) is 0 Å². The minimum Gasteiger partial charge on any atom is -0.478 e. The van der Waals surface area contributed by atoms with Gasteiger partial charge in [0.15, 0.2) is 0 Å². The van der Waals surface area contributed by atoms with Crippen molar-refractivity contribution in [2.75, 3.05) is 11.9 Å². The van der Waals surface area contributed by atoms with Crippen molar-refractivity contribution in [2.45, 2.75) is 39.7 Å². The van der Waals surface area contributed by atoms with Crippen molar-refractivity contribution in [1.29, 1.82) is 0 Å². The van der Waals surface area contributed by atoms with Gasteiger partial charge in [-0.25, -0.2) is 9.78 Å². The molecule has 6 heteroatoms. The van der Waals surface area contributed by atoms with E-state index < -0.39 is 5.97 Å².